The molecule has 1 aromatic carbocycles. The summed E-state index contributed by atoms with van der Waals surface area (Å²) in [7, 11) is 0. The maximum atomic E-state index is 13.0. The first-order valence-electron chi connectivity index (χ1n) is 11.0. The summed E-state index contributed by atoms with van der Waals surface area (Å²) < 4.78 is 11.4. The highest BCUT2D eigenvalue weighted by atomic mass is 16.5. The van der Waals surface area contributed by atoms with Gasteiger partial charge in [-0.05, 0) is 36.6 Å². The number of fused-ring (bicyclic) bond motifs is 1. The van der Waals surface area contributed by atoms with Crippen molar-refractivity contribution >= 4 is 11.8 Å². The summed E-state index contributed by atoms with van der Waals surface area (Å²) in [5, 5.41) is 3.18. The van der Waals surface area contributed by atoms with Gasteiger partial charge in [-0.15, -0.1) is 0 Å². The van der Waals surface area contributed by atoms with Gasteiger partial charge in [-0.25, -0.2) is 0 Å². The Morgan fingerprint density at radius 2 is 1.81 bits per heavy atom. The molecule has 2 amide bonds. The molecule has 166 valence electrons. The van der Waals surface area contributed by atoms with Crippen LogP contribution in [0.15, 0.2) is 36.7 Å². The molecule has 2 aliphatic rings. The van der Waals surface area contributed by atoms with Crippen LogP contribution in [0, 0.1) is 11.8 Å². The first kappa shape index (κ1) is 21.7. The van der Waals surface area contributed by atoms with Gasteiger partial charge in [-0.3, -0.25) is 14.6 Å². The zero-order valence-electron chi connectivity index (χ0n) is 18.0. The molecule has 0 bridgehead atoms. The van der Waals surface area contributed by atoms with Gasteiger partial charge < -0.3 is 20.5 Å². The number of pyridine rings is 1. The van der Waals surface area contributed by atoms with E-state index in [1.54, 1.807) is 12.3 Å². The Morgan fingerprint density at radius 1 is 1.03 bits per heavy atom. The van der Waals surface area contributed by atoms with E-state index in [9.17, 15) is 9.59 Å². The van der Waals surface area contributed by atoms with Gasteiger partial charge in [0.2, 0.25) is 11.8 Å². The molecule has 32 heavy (non-hydrogen) atoms. The quantitative estimate of drug-likeness (QED) is 0.722. The molecular formula is C25H27N3O4. The van der Waals surface area contributed by atoms with Crippen molar-refractivity contribution in [2.45, 2.75) is 50.5 Å². The molecule has 1 aliphatic heterocycles. The van der Waals surface area contributed by atoms with Gasteiger partial charge >= 0.3 is 0 Å². The van der Waals surface area contributed by atoms with Crippen molar-refractivity contribution < 1.29 is 19.1 Å². The molecular weight excluding hydrogens is 406 g/mol. The summed E-state index contributed by atoms with van der Waals surface area (Å²) in [4.78, 5) is 28.4. The van der Waals surface area contributed by atoms with Gasteiger partial charge in [-0.1, -0.05) is 37.2 Å². The minimum Gasteiger partial charge on any atom is -0.490 e. The third kappa shape index (κ3) is 5.38. The molecule has 3 N–H and O–H groups in total. The van der Waals surface area contributed by atoms with Crippen LogP contribution in [0.3, 0.4) is 0 Å². The third-order valence-corrected chi connectivity index (χ3v) is 5.73. The first-order chi connectivity index (χ1) is 15.5. The number of hydrogen-bond acceptors (Lipinski definition) is 5. The standard InChI is InChI=1S/C25H27N3O4/c26-24(30)20-13-19(16-27-17-20)7-10-25(8-2-1-3-9-25)28-23(29)15-18-5-6-21-22(14-18)32-12-4-11-31-21/h5-6,13-14,16-17H,1-4,8-9,11-12,15H2,(H2,26,30)(H,28,29). The summed E-state index contributed by atoms with van der Waals surface area (Å²) in [6.07, 6.45) is 8.78. The highest BCUT2D eigenvalue weighted by Crippen LogP contribution is 2.31. The second-order valence-electron chi connectivity index (χ2n) is 8.28. The van der Waals surface area contributed by atoms with Crippen LogP contribution in [0.4, 0.5) is 0 Å². The minimum atomic E-state index is -0.594. The van der Waals surface area contributed by atoms with Gasteiger partial charge in [0.05, 0.1) is 25.2 Å². The van der Waals surface area contributed by atoms with E-state index in [-0.39, 0.29) is 12.3 Å². The lowest BCUT2D eigenvalue weighted by atomic mass is 9.81. The van der Waals surface area contributed by atoms with Crippen LogP contribution in [0.1, 0.15) is 60.0 Å². The van der Waals surface area contributed by atoms with Crippen molar-refractivity contribution in [2.75, 3.05) is 13.2 Å². The van der Waals surface area contributed by atoms with Gasteiger partial charge in [0.25, 0.3) is 0 Å². The molecule has 1 aliphatic carbocycles. The van der Waals surface area contributed by atoms with E-state index >= 15 is 0 Å². The SMILES string of the molecule is NC(=O)c1cncc(C#CC2(NC(=O)Cc3ccc4c(c3)OCCCO4)CCCCC2)c1. The highest BCUT2D eigenvalue weighted by molar-refractivity contribution is 5.92. The molecule has 1 saturated carbocycles. The average molecular weight is 434 g/mol. The Hall–Kier alpha value is -3.53. The number of hydrogen-bond donors (Lipinski definition) is 2. The zero-order valence-corrected chi connectivity index (χ0v) is 18.0. The van der Waals surface area contributed by atoms with Crippen molar-refractivity contribution in [3.63, 3.8) is 0 Å². The van der Waals surface area contributed by atoms with Crippen LogP contribution < -0.4 is 20.5 Å². The number of carbonyl (C=O) groups is 2. The van der Waals surface area contributed by atoms with Crippen molar-refractivity contribution in [3.8, 4) is 23.3 Å². The second-order valence-corrected chi connectivity index (χ2v) is 8.28. The van der Waals surface area contributed by atoms with E-state index in [1.165, 1.54) is 6.20 Å². The van der Waals surface area contributed by atoms with E-state index < -0.39 is 11.4 Å². The number of nitrogens with zero attached hydrogens (tertiary/aromatic N) is 1. The van der Waals surface area contributed by atoms with Crippen molar-refractivity contribution in [1.82, 2.24) is 10.3 Å². The number of carbonyl (C=O) groups excluding carboxylic acids is 2. The molecule has 1 fully saturated rings. The smallest absolute Gasteiger partial charge is 0.250 e. The monoisotopic (exact) mass is 433 g/mol. The molecule has 0 radical (unpaired) electrons. The van der Waals surface area contributed by atoms with Crippen LogP contribution in [0.5, 0.6) is 11.5 Å². The molecule has 1 aromatic heterocycles. The van der Waals surface area contributed by atoms with Gasteiger partial charge in [0.15, 0.2) is 11.5 Å². The van der Waals surface area contributed by atoms with Crippen LogP contribution in [0.25, 0.3) is 0 Å². The number of primary amides is 1. The van der Waals surface area contributed by atoms with E-state index in [0.29, 0.717) is 35.8 Å². The number of amides is 2. The molecule has 0 unspecified atom stereocenters. The van der Waals surface area contributed by atoms with Crippen LogP contribution >= 0.6 is 0 Å². The van der Waals surface area contributed by atoms with Gasteiger partial charge in [0.1, 0.15) is 5.54 Å². The third-order valence-electron chi connectivity index (χ3n) is 5.73. The first-order valence-corrected chi connectivity index (χ1v) is 11.0. The molecule has 7 heteroatoms. The van der Waals surface area contributed by atoms with Crippen LogP contribution in [0.2, 0.25) is 0 Å². The molecule has 0 saturated heterocycles. The summed E-state index contributed by atoms with van der Waals surface area (Å²) in [5.41, 5.74) is 6.52. The predicted molar refractivity (Wildman–Crippen MR) is 119 cm³/mol. The Labute approximate surface area is 187 Å². The fraction of sp³-hybridized carbons (Fsp3) is 0.400. The Morgan fingerprint density at radius 3 is 2.59 bits per heavy atom. The summed E-state index contributed by atoms with van der Waals surface area (Å²) in [6, 6.07) is 7.25. The summed E-state index contributed by atoms with van der Waals surface area (Å²) in [6.45, 7) is 1.24. The molecule has 2 heterocycles. The average Bonchev–Trinajstić information content (AvgIpc) is 3.03. The van der Waals surface area contributed by atoms with Crippen molar-refractivity contribution in [2.24, 2.45) is 5.73 Å². The maximum absolute atomic E-state index is 13.0. The number of ether oxygens (including phenoxy) is 2. The predicted octanol–water partition coefficient (Wildman–Crippen LogP) is 2.76. The number of nitrogens with one attached hydrogen (secondary N) is 1. The van der Waals surface area contributed by atoms with Gasteiger partial charge in [-0.2, -0.15) is 0 Å². The van der Waals surface area contributed by atoms with Crippen molar-refractivity contribution in [3.05, 3.63) is 53.3 Å². The Bertz CT molecular complexity index is 1060. The maximum Gasteiger partial charge on any atom is 0.250 e. The fourth-order valence-corrected chi connectivity index (χ4v) is 4.09. The van der Waals surface area contributed by atoms with Gasteiger partial charge in [0, 0.05) is 24.4 Å². The van der Waals surface area contributed by atoms with Crippen LogP contribution in [-0.2, 0) is 11.2 Å². The lowest BCUT2D eigenvalue weighted by Gasteiger charge is -2.33. The number of aromatic nitrogens is 1. The normalized spacial score (nSPS) is 16.8. The topological polar surface area (TPSA) is 104 Å². The molecule has 0 atom stereocenters. The Balaban J connectivity index is 1.49. The summed E-state index contributed by atoms with van der Waals surface area (Å²) in [5.74, 6) is 7.14. The fourth-order valence-electron chi connectivity index (χ4n) is 4.09. The van der Waals surface area contributed by atoms with E-state index in [2.05, 4.69) is 22.1 Å². The van der Waals surface area contributed by atoms with Crippen molar-refractivity contribution in [1.29, 1.82) is 0 Å². The lowest BCUT2D eigenvalue weighted by Crippen LogP contribution is -2.49. The highest BCUT2D eigenvalue weighted by Gasteiger charge is 2.31. The molecule has 7 nitrogen and oxygen atoms in total. The second kappa shape index (κ2) is 9.73. The minimum absolute atomic E-state index is 0.0836. The van der Waals surface area contributed by atoms with Crippen LogP contribution in [-0.4, -0.2) is 35.6 Å². The zero-order chi connectivity index (χ0) is 22.4. The van der Waals surface area contributed by atoms with E-state index in [4.69, 9.17) is 15.2 Å². The number of rotatable bonds is 4. The largest absolute Gasteiger partial charge is 0.490 e. The number of nitrogens with two attached hydrogens (primary N) is 1. The molecule has 4 rings (SSSR count). The summed E-state index contributed by atoms with van der Waals surface area (Å²) >= 11 is 0. The Kier molecular flexibility index (Phi) is 6.60. The molecule has 2 aromatic rings. The lowest BCUT2D eigenvalue weighted by molar-refractivity contribution is -0.122. The number of benzene rings is 1. The molecule has 0 spiro atoms. The van der Waals surface area contributed by atoms with E-state index in [1.807, 2.05) is 18.2 Å². The van der Waals surface area contributed by atoms with E-state index in [0.717, 1.165) is 44.1 Å².